The van der Waals surface area contributed by atoms with E-state index >= 15 is 0 Å². The fourth-order valence-electron chi connectivity index (χ4n) is 3.40. The van der Waals surface area contributed by atoms with E-state index in [9.17, 15) is 31.9 Å². The van der Waals surface area contributed by atoms with E-state index in [1.807, 2.05) is 0 Å². The maximum atomic E-state index is 13.6. The molecule has 4 rings (SSSR count). The van der Waals surface area contributed by atoms with Gasteiger partial charge >= 0.3 is 17.8 Å². The molecular formula is C18H13BrF4N6O5. The van der Waals surface area contributed by atoms with E-state index in [0.717, 1.165) is 16.7 Å². The minimum atomic E-state index is -5.44. The van der Waals surface area contributed by atoms with Crippen LogP contribution in [0.5, 0.6) is 0 Å². The summed E-state index contributed by atoms with van der Waals surface area (Å²) >= 11 is 2.96. The number of carbonyl (C=O) groups excluding carboxylic acids is 2. The lowest BCUT2D eigenvalue weighted by molar-refractivity contribution is -0.171. The molecule has 0 bridgehead atoms. The summed E-state index contributed by atoms with van der Waals surface area (Å²) in [6.07, 6.45) is -5.08. The number of hydrogen-bond donors (Lipinski definition) is 1. The van der Waals surface area contributed by atoms with Gasteiger partial charge < -0.3 is 5.32 Å². The summed E-state index contributed by atoms with van der Waals surface area (Å²) in [5.74, 6) is -7.82. The van der Waals surface area contributed by atoms with Gasteiger partial charge in [-0.2, -0.15) is 13.2 Å². The van der Waals surface area contributed by atoms with E-state index in [2.05, 4.69) is 45.9 Å². The van der Waals surface area contributed by atoms with Gasteiger partial charge in [0.25, 0.3) is 0 Å². The molecule has 11 nitrogen and oxygen atoms in total. The molecule has 2 amide bonds. The number of benzene rings is 1. The summed E-state index contributed by atoms with van der Waals surface area (Å²) in [5, 5.41) is 13.2. The van der Waals surface area contributed by atoms with Crippen LogP contribution in [0.3, 0.4) is 0 Å². The van der Waals surface area contributed by atoms with E-state index < -0.39 is 52.8 Å². The van der Waals surface area contributed by atoms with Gasteiger partial charge in [-0.15, -0.1) is 0 Å². The van der Waals surface area contributed by atoms with Gasteiger partial charge in [-0.25, -0.2) is 23.3 Å². The number of nitrogens with one attached hydrogen (secondary N) is 1. The van der Waals surface area contributed by atoms with Crippen LogP contribution in [0.15, 0.2) is 36.6 Å². The average Bonchev–Trinajstić information content (AvgIpc) is 3.42. The van der Waals surface area contributed by atoms with Crippen molar-refractivity contribution in [1.29, 1.82) is 0 Å². The molecule has 0 radical (unpaired) electrons. The Labute approximate surface area is 194 Å². The molecule has 1 fully saturated rings. The molecule has 1 aliphatic rings. The molecule has 0 aliphatic carbocycles. The van der Waals surface area contributed by atoms with Gasteiger partial charge in [0.1, 0.15) is 5.82 Å². The summed E-state index contributed by atoms with van der Waals surface area (Å²) < 4.78 is 63.7. The van der Waals surface area contributed by atoms with Crippen molar-refractivity contribution in [2.75, 3.05) is 18.0 Å². The summed E-state index contributed by atoms with van der Waals surface area (Å²) in [6, 6.07) is 3.34. The van der Waals surface area contributed by atoms with E-state index in [-0.39, 0.29) is 27.9 Å². The fourth-order valence-corrected chi connectivity index (χ4v) is 3.77. The third-order valence-electron chi connectivity index (χ3n) is 5.02. The van der Waals surface area contributed by atoms with E-state index in [1.54, 1.807) is 0 Å². The molecular weight excluding hydrogens is 536 g/mol. The fraction of sp³-hybridized carbons (Fsp3) is 0.333. The lowest BCUT2D eigenvalue weighted by Crippen LogP contribution is -2.49. The van der Waals surface area contributed by atoms with E-state index in [0.29, 0.717) is 13.1 Å². The maximum Gasteiger partial charge on any atom is 0.472 e. The normalized spacial score (nSPS) is 14.9. The topological polar surface area (TPSA) is 136 Å². The Balaban J connectivity index is 1.84. The number of alkyl halides is 3. The number of rotatable bonds is 4. The average molecular weight is 549 g/mol. The number of anilines is 1. The van der Waals surface area contributed by atoms with Crippen LogP contribution in [0.4, 0.5) is 23.4 Å². The molecule has 3 heterocycles. The highest BCUT2D eigenvalue weighted by molar-refractivity contribution is 9.10. The minimum Gasteiger partial charge on any atom is -0.317 e. The number of halogens is 5. The molecule has 2 aromatic heterocycles. The highest BCUT2D eigenvalue weighted by Gasteiger charge is 2.49. The summed E-state index contributed by atoms with van der Waals surface area (Å²) in [6.45, 7) is 0.716. The lowest BCUT2D eigenvalue weighted by Gasteiger charge is -2.27. The summed E-state index contributed by atoms with van der Waals surface area (Å²) in [4.78, 5) is 37.4. The molecule has 180 valence electrons. The van der Waals surface area contributed by atoms with Crippen LogP contribution in [-0.4, -0.2) is 51.1 Å². The van der Waals surface area contributed by atoms with Gasteiger partial charge in [-0.05, 0) is 70.4 Å². The van der Waals surface area contributed by atoms with Crippen LogP contribution >= 0.6 is 15.9 Å². The van der Waals surface area contributed by atoms with Crippen molar-refractivity contribution in [2.24, 2.45) is 5.92 Å². The van der Waals surface area contributed by atoms with Crippen LogP contribution in [0.25, 0.3) is 17.2 Å². The predicted molar refractivity (Wildman–Crippen MR) is 107 cm³/mol. The van der Waals surface area contributed by atoms with Crippen LogP contribution in [0.1, 0.15) is 12.8 Å². The number of aromatic nitrogens is 4. The molecule has 3 aromatic rings. The standard InChI is InChI=1S/C18H13BrF4N6O5/c19-10-7-9(1-2-11(10)20)28-13(26-33-17(28)32)12-14(27-34-25-12)29(16(31)18(21,22)23)15(30)8-3-5-24-6-4-8/h1-2,7-8,24H,3-6H2. The van der Waals surface area contributed by atoms with E-state index in [4.69, 9.17) is 0 Å². The van der Waals surface area contributed by atoms with Crippen molar-refractivity contribution in [2.45, 2.75) is 19.0 Å². The van der Waals surface area contributed by atoms with Gasteiger partial charge in [0, 0.05) is 5.92 Å². The molecule has 0 atom stereocenters. The van der Waals surface area contributed by atoms with Crippen LogP contribution < -0.4 is 16.0 Å². The van der Waals surface area contributed by atoms with Crippen molar-refractivity contribution < 1.29 is 36.3 Å². The van der Waals surface area contributed by atoms with Gasteiger partial charge in [-0.1, -0.05) is 5.16 Å². The first-order valence-electron chi connectivity index (χ1n) is 9.62. The first-order chi connectivity index (χ1) is 16.1. The molecule has 0 saturated carbocycles. The molecule has 0 unspecified atom stereocenters. The Morgan fingerprint density at radius 1 is 1.18 bits per heavy atom. The number of imide groups is 1. The summed E-state index contributed by atoms with van der Waals surface area (Å²) in [5.41, 5.74) is -0.659. The largest absolute Gasteiger partial charge is 0.472 e. The SMILES string of the molecule is O=C(C1CCNCC1)N(C(=O)C(F)(F)F)c1nonc1-c1noc(=O)n1-c1ccc(F)c(Br)c1. The number of piperidine rings is 1. The lowest BCUT2D eigenvalue weighted by atomic mass is 9.96. The number of nitrogens with zero attached hydrogens (tertiary/aromatic N) is 5. The zero-order valence-electron chi connectivity index (χ0n) is 16.8. The highest BCUT2D eigenvalue weighted by Crippen LogP contribution is 2.33. The highest BCUT2D eigenvalue weighted by atomic mass is 79.9. The second kappa shape index (κ2) is 9.09. The second-order valence-corrected chi connectivity index (χ2v) is 8.00. The molecule has 1 aliphatic heterocycles. The monoisotopic (exact) mass is 548 g/mol. The first-order valence-corrected chi connectivity index (χ1v) is 10.4. The Hall–Kier alpha value is -3.40. The van der Waals surface area contributed by atoms with Crippen LogP contribution in [0, 0.1) is 11.7 Å². The molecule has 1 saturated heterocycles. The summed E-state index contributed by atoms with van der Waals surface area (Å²) in [7, 11) is 0. The number of amides is 2. The Morgan fingerprint density at radius 2 is 1.88 bits per heavy atom. The van der Waals surface area contributed by atoms with Crippen molar-refractivity contribution in [3.05, 3.63) is 39.0 Å². The van der Waals surface area contributed by atoms with E-state index in [1.165, 1.54) is 6.07 Å². The third kappa shape index (κ3) is 4.37. The second-order valence-electron chi connectivity index (χ2n) is 7.14. The van der Waals surface area contributed by atoms with Gasteiger partial charge in [0.2, 0.25) is 17.5 Å². The minimum absolute atomic E-state index is 0.0122. The predicted octanol–water partition coefficient (Wildman–Crippen LogP) is 2.20. The molecule has 34 heavy (non-hydrogen) atoms. The molecule has 1 N–H and O–H groups in total. The molecule has 1 aromatic carbocycles. The van der Waals surface area contributed by atoms with Gasteiger partial charge in [-0.3, -0.25) is 14.1 Å². The molecule has 0 spiro atoms. The Bertz CT molecular complexity index is 1300. The van der Waals surface area contributed by atoms with Crippen molar-refractivity contribution in [3.63, 3.8) is 0 Å². The van der Waals surface area contributed by atoms with Gasteiger partial charge in [0.15, 0.2) is 5.69 Å². The zero-order chi connectivity index (χ0) is 24.6. The number of carbonyl (C=O) groups is 2. The van der Waals surface area contributed by atoms with Crippen LogP contribution in [0.2, 0.25) is 0 Å². The van der Waals surface area contributed by atoms with Crippen molar-refractivity contribution in [1.82, 2.24) is 25.4 Å². The Morgan fingerprint density at radius 3 is 2.53 bits per heavy atom. The smallest absolute Gasteiger partial charge is 0.317 e. The number of hydrogen-bond acceptors (Lipinski definition) is 9. The third-order valence-corrected chi connectivity index (χ3v) is 5.62. The van der Waals surface area contributed by atoms with Crippen LogP contribution in [-0.2, 0) is 9.59 Å². The maximum absolute atomic E-state index is 13.6. The first kappa shape index (κ1) is 23.7. The van der Waals surface area contributed by atoms with Crippen molar-refractivity contribution in [3.8, 4) is 17.2 Å². The van der Waals surface area contributed by atoms with Crippen molar-refractivity contribution >= 4 is 33.6 Å². The Kier molecular flexibility index (Phi) is 6.35. The quantitative estimate of drug-likeness (QED) is 0.486. The van der Waals surface area contributed by atoms with Gasteiger partial charge in [0.05, 0.1) is 10.2 Å². The zero-order valence-corrected chi connectivity index (χ0v) is 18.4. The molecule has 16 heteroatoms.